The van der Waals surface area contributed by atoms with Crippen LogP contribution in [0, 0.1) is 20.2 Å². The van der Waals surface area contributed by atoms with Crippen molar-refractivity contribution in [3.05, 3.63) is 17.8 Å². The summed E-state index contributed by atoms with van der Waals surface area (Å²) in [6.07, 6.45) is 2.69. The van der Waals surface area contributed by atoms with Gasteiger partial charge in [-0.1, -0.05) is 6.92 Å². The van der Waals surface area contributed by atoms with Gasteiger partial charge in [0.25, 0.3) is 0 Å². The van der Waals surface area contributed by atoms with E-state index >= 15 is 0 Å². The summed E-state index contributed by atoms with van der Waals surface area (Å²) < 4.78 is 2.02. The first kappa shape index (κ1) is 10.7. The molecule has 0 saturated carbocycles. The Hall–Kier alpha value is -0.346. The summed E-state index contributed by atoms with van der Waals surface area (Å²) in [6, 6.07) is 0. The molecule has 2 rings (SSSR count). The van der Waals surface area contributed by atoms with E-state index in [0.29, 0.717) is 0 Å². The molecule has 0 saturated heterocycles. The molecule has 0 aliphatic heterocycles. The number of H-pyrrole nitrogens is 1. The van der Waals surface area contributed by atoms with E-state index in [2.05, 4.69) is 21.3 Å². The minimum atomic E-state index is 0. The van der Waals surface area contributed by atoms with Crippen LogP contribution in [0.4, 0.5) is 0 Å². The Balaban J connectivity index is 0.000000845. The Morgan fingerprint density at radius 2 is 2.08 bits per heavy atom. The quantitative estimate of drug-likeness (QED) is 0.628. The second-order valence-electron chi connectivity index (χ2n) is 2.85. The monoisotopic (exact) mass is 251 g/mol. The maximum atomic E-state index is 4.31. The van der Waals surface area contributed by atoms with Gasteiger partial charge in [0.1, 0.15) is 0 Å². The fraction of sp³-hybridized carbons (Fsp3) is 0.375. The number of fused-ring (bicyclic) bond motifs is 1. The number of aromatic amines is 1. The Bertz CT molecular complexity index is 435. The van der Waals surface area contributed by atoms with Crippen LogP contribution in [-0.4, -0.2) is 14.5 Å². The molecule has 0 fully saturated rings. The third-order valence-electron chi connectivity index (χ3n) is 2.06. The van der Waals surface area contributed by atoms with Crippen LogP contribution in [0.15, 0.2) is 0 Å². The summed E-state index contributed by atoms with van der Waals surface area (Å²) in [4.78, 5) is 11.2. The zero-order valence-electron chi connectivity index (χ0n) is 7.92. The largest absolute Gasteiger partial charge is 0.351 e. The Labute approximate surface area is 102 Å². The number of nitrogens with zero attached hydrogens (tertiary/aromatic N) is 3. The van der Waals surface area contributed by atoms with Crippen LogP contribution < -0.4 is 4.98 Å². The summed E-state index contributed by atoms with van der Waals surface area (Å²) >= 11 is 0. The molecule has 0 aromatic carbocycles. The standard InChI is InChI=1S/C8H10N4.Y/c1-5-7-8(10-4-9-5)11-6(2)12(7)3;/h10H,1-3H3;. The van der Waals surface area contributed by atoms with Crippen molar-refractivity contribution in [1.82, 2.24) is 14.5 Å². The summed E-state index contributed by atoms with van der Waals surface area (Å²) in [6.45, 7) is 3.92. The number of imidazole rings is 1. The summed E-state index contributed by atoms with van der Waals surface area (Å²) in [5.74, 6) is 0.978. The average Bonchev–Trinajstić information content (AvgIpc) is 2.29. The minimum Gasteiger partial charge on any atom is -0.351 e. The van der Waals surface area contributed by atoms with Crippen molar-refractivity contribution in [3.8, 4) is 0 Å². The molecule has 5 heteroatoms. The van der Waals surface area contributed by atoms with Crippen LogP contribution >= 0.6 is 0 Å². The molecule has 0 aliphatic rings. The van der Waals surface area contributed by atoms with Gasteiger partial charge in [-0.3, -0.25) is 0 Å². The number of rotatable bonds is 0. The second kappa shape index (κ2) is 3.80. The van der Waals surface area contributed by atoms with Gasteiger partial charge in [-0.2, -0.15) is 4.98 Å². The maximum absolute atomic E-state index is 4.31. The molecule has 0 bridgehead atoms. The third kappa shape index (κ3) is 1.65. The van der Waals surface area contributed by atoms with E-state index in [9.17, 15) is 0 Å². The summed E-state index contributed by atoms with van der Waals surface area (Å²) in [5, 5.41) is 0. The van der Waals surface area contributed by atoms with Gasteiger partial charge >= 0.3 is 0 Å². The Morgan fingerprint density at radius 1 is 1.38 bits per heavy atom. The normalized spacial score (nSPS) is 10.1. The first-order chi connectivity index (χ1) is 5.70. The van der Waals surface area contributed by atoms with Crippen LogP contribution in [0.5, 0.6) is 0 Å². The molecule has 4 nitrogen and oxygen atoms in total. The van der Waals surface area contributed by atoms with Crippen LogP contribution in [0.25, 0.3) is 11.2 Å². The minimum absolute atomic E-state index is 0. The number of hydrogen-bond acceptors (Lipinski definition) is 2. The Kier molecular flexibility index (Phi) is 3.14. The Morgan fingerprint density at radius 3 is 2.69 bits per heavy atom. The van der Waals surface area contributed by atoms with Crippen molar-refractivity contribution in [1.29, 1.82) is 0 Å². The van der Waals surface area contributed by atoms with Gasteiger partial charge in [0.2, 0.25) is 0 Å². The molecule has 2 aromatic rings. The zero-order chi connectivity index (χ0) is 8.72. The fourth-order valence-corrected chi connectivity index (χ4v) is 1.33. The molecule has 0 spiro atoms. The van der Waals surface area contributed by atoms with Gasteiger partial charge in [-0.15, -0.1) is 0 Å². The molecule has 0 atom stereocenters. The van der Waals surface area contributed by atoms with E-state index < -0.39 is 0 Å². The molecular weight excluding hydrogens is 241 g/mol. The van der Waals surface area contributed by atoms with Crippen molar-refractivity contribution < 1.29 is 37.7 Å². The summed E-state index contributed by atoms with van der Waals surface area (Å²) in [7, 11) is 1.98. The van der Waals surface area contributed by atoms with Gasteiger partial charge < -0.3 is 9.55 Å². The van der Waals surface area contributed by atoms with Crippen LogP contribution in [-0.2, 0) is 39.8 Å². The molecule has 0 aliphatic carbocycles. The van der Waals surface area contributed by atoms with E-state index in [0.717, 1.165) is 22.7 Å². The van der Waals surface area contributed by atoms with E-state index in [1.807, 2.05) is 25.5 Å². The van der Waals surface area contributed by atoms with Gasteiger partial charge in [0, 0.05) is 57.9 Å². The van der Waals surface area contributed by atoms with E-state index in [4.69, 9.17) is 0 Å². The van der Waals surface area contributed by atoms with Crippen LogP contribution in [0.2, 0.25) is 0 Å². The first-order valence-corrected chi connectivity index (χ1v) is 3.79. The SMILES string of the molecule is Cc1n[c-][nH+]c2nc(C)n(C)c12.[Y]. The second-order valence-corrected chi connectivity index (χ2v) is 2.85. The topological polar surface area (TPSA) is 44.9 Å². The maximum Gasteiger partial charge on any atom is 0.179 e. The van der Waals surface area contributed by atoms with E-state index in [1.54, 1.807) is 0 Å². The number of aromatic nitrogens is 4. The molecule has 13 heavy (non-hydrogen) atoms. The van der Waals surface area contributed by atoms with Crippen molar-refractivity contribution in [2.24, 2.45) is 7.05 Å². The van der Waals surface area contributed by atoms with Crippen molar-refractivity contribution >= 4 is 11.2 Å². The zero-order valence-corrected chi connectivity index (χ0v) is 10.8. The van der Waals surface area contributed by atoms with Gasteiger partial charge in [-0.25, -0.2) is 4.98 Å². The van der Waals surface area contributed by atoms with Gasteiger partial charge in [-0.05, 0) is 0 Å². The van der Waals surface area contributed by atoms with Crippen molar-refractivity contribution in [2.75, 3.05) is 0 Å². The van der Waals surface area contributed by atoms with Gasteiger partial charge in [0.05, 0.1) is 0 Å². The van der Waals surface area contributed by atoms with Gasteiger partial charge in [0.15, 0.2) is 17.8 Å². The number of aryl methyl sites for hydroxylation is 3. The van der Waals surface area contributed by atoms with Crippen molar-refractivity contribution in [3.63, 3.8) is 0 Å². The van der Waals surface area contributed by atoms with Crippen LogP contribution in [0.3, 0.4) is 0 Å². The molecular formula is C8H10N4Y. The number of hydrogen-bond donors (Lipinski definition) is 0. The predicted molar refractivity (Wildman–Crippen MR) is 43.4 cm³/mol. The molecule has 2 aromatic heterocycles. The third-order valence-corrected chi connectivity index (χ3v) is 2.06. The number of nitrogens with one attached hydrogen (secondary N) is 1. The summed E-state index contributed by atoms with van der Waals surface area (Å²) in [5.41, 5.74) is 2.85. The molecule has 0 unspecified atom stereocenters. The van der Waals surface area contributed by atoms with E-state index in [-0.39, 0.29) is 32.7 Å². The average molecular weight is 251 g/mol. The van der Waals surface area contributed by atoms with E-state index in [1.165, 1.54) is 0 Å². The van der Waals surface area contributed by atoms with Crippen molar-refractivity contribution in [2.45, 2.75) is 13.8 Å². The predicted octanol–water partition coefficient (Wildman–Crippen LogP) is 0.197. The fourth-order valence-electron chi connectivity index (χ4n) is 1.33. The first-order valence-electron chi connectivity index (χ1n) is 3.79. The molecule has 65 valence electrons. The molecule has 1 N–H and O–H groups in total. The smallest absolute Gasteiger partial charge is 0.179 e. The molecule has 2 heterocycles. The molecule has 0 amide bonds. The van der Waals surface area contributed by atoms with Crippen LogP contribution in [0.1, 0.15) is 11.5 Å². The molecule has 1 radical (unpaired) electrons.